The fourth-order valence-corrected chi connectivity index (χ4v) is 2.66. The van der Waals surface area contributed by atoms with Gasteiger partial charge in [-0.15, -0.1) is 0 Å². The predicted octanol–water partition coefficient (Wildman–Crippen LogP) is 5.77. The van der Waals surface area contributed by atoms with Crippen molar-refractivity contribution < 1.29 is 0 Å². The van der Waals surface area contributed by atoms with Crippen molar-refractivity contribution >= 4 is 0 Å². The van der Waals surface area contributed by atoms with Crippen LogP contribution in [-0.4, -0.2) is 0 Å². The summed E-state index contributed by atoms with van der Waals surface area (Å²) >= 11 is 0. The van der Waals surface area contributed by atoms with Crippen LogP contribution in [0.4, 0.5) is 0 Å². The van der Waals surface area contributed by atoms with E-state index < -0.39 is 0 Å². The molecule has 0 spiro atoms. The molecule has 0 saturated carbocycles. The lowest BCUT2D eigenvalue weighted by Gasteiger charge is -2.41. The molecule has 0 aromatic heterocycles. The van der Waals surface area contributed by atoms with Gasteiger partial charge in [-0.3, -0.25) is 0 Å². The van der Waals surface area contributed by atoms with Crippen LogP contribution < -0.4 is 0 Å². The van der Waals surface area contributed by atoms with Crippen LogP contribution in [0.3, 0.4) is 0 Å². The van der Waals surface area contributed by atoms with Gasteiger partial charge in [0.2, 0.25) is 0 Å². The standard InChI is InChI=1S/C16H34/c1-9-13(5)15(7)16(8,10-2)11-14(6)12(3)4/h12-15H,9-11H2,1-8H3. The topological polar surface area (TPSA) is 0 Å². The van der Waals surface area contributed by atoms with Gasteiger partial charge in [-0.25, -0.2) is 0 Å². The Labute approximate surface area is 104 Å². The van der Waals surface area contributed by atoms with Crippen molar-refractivity contribution in [2.75, 3.05) is 0 Å². The maximum atomic E-state index is 2.50. The Kier molecular flexibility index (Phi) is 6.67. The van der Waals surface area contributed by atoms with E-state index >= 15 is 0 Å². The zero-order valence-electron chi connectivity index (χ0n) is 12.9. The van der Waals surface area contributed by atoms with Crippen molar-refractivity contribution in [1.29, 1.82) is 0 Å². The van der Waals surface area contributed by atoms with Crippen molar-refractivity contribution in [3.05, 3.63) is 0 Å². The van der Waals surface area contributed by atoms with E-state index in [1.807, 2.05) is 0 Å². The quantitative estimate of drug-likeness (QED) is 0.517. The predicted molar refractivity (Wildman–Crippen MR) is 75.6 cm³/mol. The normalized spacial score (nSPS) is 21.6. The SMILES string of the molecule is CCC(C)C(C)C(C)(CC)CC(C)C(C)C. The first-order chi connectivity index (χ1) is 7.28. The zero-order chi connectivity index (χ0) is 12.9. The zero-order valence-corrected chi connectivity index (χ0v) is 12.9. The molecule has 0 N–H and O–H groups in total. The van der Waals surface area contributed by atoms with E-state index in [9.17, 15) is 0 Å². The Bertz CT molecular complexity index is 182. The van der Waals surface area contributed by atoms with Crippen LogP contribution in [0, 0.1) is 29.1 Å². The lowest BCUT2D eigenvalue weighted by molar-refractivity contribution is 0.0910. The smallest absolute Gasteiger partial charge is 0.0298 e. The summed E-state index contributed by atoms with van der Waals surface area (Å²) in [6, 6.07) is 0. The Morgan fingerprint density at radius 1 is 0.875 bits per heavy atom. The molecule has 0 aromatic rings. The van der Waals surface area contributed by atoms with Crippen molar-refractivity contribution in [1.82, 2.24) is 0 Å². The summed E-state index contributed by atoms with van der Waals surface area (Å²) in [7, 11) is 0. The van der Waals surface area contributed by atoms with Crippen molar-refractivity contribution in [3.8, 4) is 0 Å². The van der Waals surface area contributed by atoms with E-state index in [0.29, 0.717) is 5.41 Å². The minimum atomic E-state index is 0.527. The summed E-state index contributed by atoms with van der Waals surface area (Å²) in [4.78, 5) is 0. The molecule has 0 aromatic carbocycles. The van der Waals surface area contributed by atoms with Crippen LogP contribution in [-0.2, 0) is 0 Å². The van der Waals surface area contributed by atoms with Gasteiger partial charge in [0.15, 0.2) is 0 Å². The average Bonchev–Trinajstić information content (AvgIpc) is 2.26. The molecule has 0 aliphatic rings. The highest BCUT2D eigenvalue weighted by atomic mass is 14.4. The summed E-state index contributed by atoms with van der Waals surface area (Å²) in [5.74, 6) is 3.35. The molecule has 0 nitrogen and oxygen atoms in total. The molecule has 0 fully saturated rings. The molecule has 0 bridgehead atoms. The highest BCUT2D eigenvalue weighted by Gasteiger charge is 2.33. The third-order valence-corrected chi connectivity index (χ3v) is 5.33. The van der Waals surface area contributed by atoms with Crippen molar-refractivity contribution in [3.63, 3.8) is 0 Å². The molecule has 0 aliphatic carbocycles. The Balaban J connectivity index is 4.63. The summed E-state index contributed by atoms with van der Waals surface area (Å²) in [5, 5.41) is 0. The molecule has 98 valence electrons. The Morgan fingerprint density at radius 3 is 1.69 bits per heavy atom. The second kappa shape index (κ2) is 6.67. The highest BCUT2D eigenvalue weighted by molar-refractivity contribution is 4.83. The van der Waals surface area contributed by atoms with Crippen LogP contribution >= 0.6 is 0 Å². The van der Waals surface area contributed by atoms with Gasteiger partial charge in [-0.1, -0.05) is 68.2 Å². The minimum Gasteiger partial charge on any atom is -0.0651 e. The molecule has 4 unspecified atom stereocenters. The average molecular weight is 226 g/mol. The van der Waals surface area contributed by atoms with E-state index in [0.717, 1.165) is 23.7 Å². The van der Waals surface area contributed by atoms with Crippen LogP contribution in [0.15, 0.2) is 0 Å². The van der Waals surface area contributed by atoms with E-state index in [2.05, 4.69) is 55.4 Å². The molecule has 0 saturated heterocycles. The number of rotatable bonds is 7. The van der Waals surface area contributed by atoms with Crippen LogP contribution in [0.25, 0.3) is 0 Å². The minimum absolute atomic E-state index is 0.527. The fraction of sp³-hybridized carbons (Fsp3) is 1.00. The molecule has 16 heavy (non-hydrogen) atoms. The van der Waals surface area contributed by atoms with Crippen LogP contribution in [0.2, 0.25) is 0 Å². The van der Waals surface area contributed by atoms with E-state index in [-0.39, 0.29) is 0 Å². The van der Waals surface area contributed by atoms with Gasteiger partial charge in [0, 0.05) is 0 Å². The van der Waals surface area contributed by atoms with Crippen molar-refractivity contribution in [2.24, 2.45) is 29.1 Å². The van der Waals surface area contributed by atoms with Gasteiger partial charge in [0.1, 0.15) is 0 Å². The second-order valence-electron chi connectivity index (χ2n) is 6.61. The molecule has 0 heterocycles. The van der Waals surface area contributed by atoms with Crippen molar-refractivity contribution in [2.45, 2.75) is 74.7 Å². The van der Waals surface area contributed by atoms with Gasteiger partial charge in [0.25, 0.3) is 0 Å². The van der Waals surface area contributed by atoms with Gasteiger partial charge in [-0.2, -0.15) is 0 Å². The lowest BCUT2D eigenvalue weighted by atomic mass is 9.64. The van der Waals surface area contributed by atoms with Gasteiger partial charge >= 0.3 is 0 Å². The summed E-state index contributed by atoms with van der Waals surface area (Å²) in [6.45, 7) is 19.2. The monoisotopic (exact) mass is 226 g/mol. The first-order valence-corrected chi connectivity index (χ1v) is 7.28. The van der Waals surface area contributed by atoms with Crippen LogP contribution in [0.1, 0.15) is 74.7 Å². The summed E-state index contributed by atoms with van der Waals surface area (Å²) < 4.78 is 0. The molecule has 0 rings (SSSR count). The third kappa shape index (κ3) is 4.11. The molecule has 0 radical (unpaired) electrons. The van der Waals surface area contributed by atoms with Gasteiger partial charge < -0.3 is 0 Å². The maximum Gasteiger partial charge on any atom is -0.0298 e. The highest BCUT2D eigenvalue weighted by Crippen LogP contribution is 2.43. The Morgan fingerprint density at radius 2 is 1.38 bits per heavy atom. The first-order valence-electron chi connectivity index (χ1n) is 7.28. The molecule has 0 heteroatoms. The fourth-order valence-electron chi connectivity index (χ4n) is 2.66. The number of hydrogen-bond donors (Lipinski definition) is 0. The van der Waals surface area contributed by atoms with E-state index in [1.165, 1.54) is 19.3 Å². The molecule has 0 amide bonds. The maximum absolute atomic E-state index is 2.50. The van der Waals surface area contributed by atoms with Crippen LogP contribution in [0.5, 0.6) is 0 Å². The molecular formula is C16H34. The second-order valence-corrected chi connectivity index (χ2v) is 6.61. The first kappa shape index (κ1) is 16.0. The van der Waals surface area contributed by atoms with E-state index in [1.54, 1.807) is 0 Å². The Hall–Kier alpha value is 0. The molecule has 4 atom stereocenters. The molecular weight excluding hydrogens is 192 g/mol. The summed E-state index contributed by atoms with van der Waals surface area (Å²) in [5.41, 5.74) is 0.527. The summed E-state index contributed by atoms with van der Waals surface area (Å²) in [6.07, 6.45) is 4.01. The van der Waals surface area contributed by atoms with E-state index in [4.69, 9.17) is 0 Å². The molecule has 0 aliphatic heterocycles. The third-order valence-electron chi connectivity index (χ3n) is 5.33. The lowest BCUT2D eigenvalue weighted by Crippen LogP contribution is -2.32. The number of hydrogen-bond acceptors (Lipinski definition) is 0. The van der Waals surface area contributed by atoms with Gasteiger partial charge in [0.05, 0.1) is 0 Å². The van der Waals surface area contributed by atoms with Gasteiger partial charge in [-0.05, 0) is 35.5 Å². The largest absolute Gasteiger partial charge is 0.0651 e.